The zero-order valence-electron chi connectivity index (χ0n) is 20.9. The van der Waals surface area contributed by atoms with Crippen molar-refractivity contribution in [1.82, 2.24) is 9.88 Å². The van der Waals surface area contributed by atoms with E-state index in [9.17, 15) is 4.79 Å². The number of ether oxygens (including phenoxy) is 2. The SMILES string of the molecule is Br.CCOc1cc2c(c(F)c1OCC)C(=N)N(CC(=O)c1cc(C(C)(C)C)c3oc(C)nc3c1)C2. The molecule has 0 saturated heterocycles. The zero-order chi connectivity index (χ0) is 24.8. The number of rotatable bonds is 7. The maximum Gasteiger partial charge on any atom is 0.197 e. The molecular weight excluding hydrogens is 517 g/mol. The molecule has 4 rings (SSSR count). The van der Waals surface area contributed by atoms with Crippen LogP contribution in [0, 0.1) is 18.2 Å². The molecule has 7 nitrogen and oxygen atoms in total. The molecule has 0 spiro atoms. The van der Waals surface area contributed by atoms with E-state index in [1.54, 1.807) is 30.9 Å². The number of nitrogens with one attached hydrogen (secondary N) is 1. The van der Waals surface area contributed by atoms with Crippen LogP contribution in [-0.4, -0.2) is 41.3 Å². The maximum atomic E-state index is 15.3. The Bertz CT molecular complexity index is 1300. The first-order valence-corrected chi connectivity index (χ1v) is 11.4. The number of aromatic nitrogens is 1. The lowest BCUT2D eigenvalue weighted by atomic mass is 9.85. The molecule has 1 aromatic heterocycles. The van der Waals surface area contributed by atoms with Crippen LogP contribution in [-0.2, 0) is 12.0 Å². The molecule has 0 aliphatic carbocycles. The molecule has 0 bridgehead atoms. The summed E-state index contributed by atoms with van der Waals surface area (Å²) < 4.78 is 32.1. The van der Waals surface area contributed by atoms with Crippen LogP contribution in [0.15, 0.2) is 22.6 Å². The van der Waals surface area contributed by atoms with Gasteiger partial charge >= 0.3 is 0 Å². The van der Waals surface area contributed by atoms with Crippen LogP contribution >= 0.6 is 17.0 Å². The van der Waals surface area contributed by atoms with Crippen LogP contribution in [0.1, 0.15) is 67.6 Å². The van der Waals surface area contributed by atoms with Crippen molar-refractivity contribution < 1.29 is 23.1 Å². The summed E-state index contributed by atoms with van der Waals surface area (Å²) in [6.07, 6.45) is 0. The molecule has 188 valence electrons. The molecule has 0 unspecified atom stereocenters. The molecule has 2 heterocycles. The van der Waals surface area contributed by atoms with Gasteiger partial charge in [-0.15, -0.1) is 17.0 Å². The summed E-state index contributed by atoms with van der Waals surface area (Å²) in [5.74, 6) is -0.00362. The third-order valence-electron chi connectivity index (χ3n) is 5.83. The number of aryl methyl sites for hydroxylation is 1. The highest BCUT2D eigenvalue weighted by Gasteiger charge is 2.33. The van der Waals surface area contributed by atoms with Crippen molar-refractivity contribution in [2.45, 2.75) is 53.5 Å². The molecule has 1 N–H and O–H groups in total. The Morgan fingerprint density at radius 2 is 1.89 bits per heavy atom. The predicted octanol–water partition coefficient (Wildman–Crippen LogP) is 5.97. The number of ketones is 1. The lowest BCUT2D eigenvalue weighted by Gasteiger charge is -2.21. The standard InChI is InChI=1S/C26H30FN3O4.BrH/c1-7-32-20-11-16-12-30(25(28)21(16)22(27)24(20)33-8-2)13-19(31)15-9-17(26(4,5)6)23-18(10-15)29-14(3)34-23;/h9-11,28H,7-8,12-13H2,1-6H3;1H. The van der Waals surface area contributed by atoms with E-state index in [2.05, 4.69) is 25.8 Å². The van der Waals surface area contributed by atoms with Crippen LogP contribution in [0.4, 0.5) is 4.39 Å². The summed E-state index contributed by atoms with van der Waals surface area (Å²) in [4.78, 5) is 19.3. The fourth-order valence-electron chi connectivity index (χ4n) is 4.29. The van der Waals surface area contributed by atoms with Gasteiger partial charge in [0.2, 0.25) is 0 Å². The second-order valence-corrected chi connectivity index (χ2v) is 9.40. The van der Waals surface area contributed by atoms with Gasteiger partial charge in [0.25, 0.3) is 0 Å². The van der Waals surface area contributed by atoms with Gasteiger partial charge < -0.3 is 18.8 Å². The van der Waals surface area contributed by atoms with Gasteiger partial charge in [0.1, 0.15) is 11.4 Å². The number of nitrogens with zero attached hydrogens (tertiary/aromatic N) is 2. The van der Waals surface area contributed by atoms with Crippen molar-refractivity contribution in [1.29, 1.82) is 5.41 Å². The molecule has 3 aromatic rings. The Hall–Kier alpha value is -2.94. The minimum absolute atomic E-state index is 0. The van der Waals surface area contributed by atoms with Gasteiger partial charge in [-0.2, -0.15) is 0 Å². The van der Waals surface area contributed by atoms with E-state index in [-0.39, 0.29) is 65.0 Å². The Morgan fingerprint density at radius 3 is 2.51 bits per heavy atom. The number of hydrogen-bond acceptors (Lipinski definition) is 6. The van der Waals surface area contributed by atoms with Gasteiger partial charge in [-0.05, 0) is 43.0 Å². The first-order valence-electron chi connectivity index (χ1n) is 11.4. The topological polar surface area (TPSA) is 88.7 Å². The molecule has 1 aliphatic heterocycles. The quantitative estimate of drug-likeness (QED) is 0.366. The van der Waals surface area contributed by atoms with Crippen molar-refractivity contribution in [3.8, 4) is 11.5 Å². The number of carbonyl (C=O) groups is 1. The molecule has 0 fully saturated rings. The van der Waals surface area contributed by atoms with E-state index < -0.39 is 5.82 Å². The Labute approximate surface area is 214 Å². The number of Topliss-reactive ketones (excluding diaryl/α,β-unsaturated/α-hetero) is 1. The molecule has 0 radical (unpaired) electrons. The summed E-state index contributed by atoms with van der Waals surface area (Å²) in [5, 5.41) is 8.57. The van der Waals surface area contributed by atoms with Gasteiger partial charge in [-0.3, -0.25) is 10.2 Å². The van der Waals surface area contributed by atoms with Gasteiger partial charge in [0, 0.05) is 24.6 Å². The monoisotopic (exact) mass is 547 g/mol. The Morgan fingerprint density at radius 1 is 1.20 bits per heavy atom. The van der Waals surface area contributed by atoms with Gasteiger partial charge in [0.05, 0.1) is 25.3 Å². The zero-order valence-corrected chi connectivity index (χ0v) is 22.6. The van der Waals surface area contributed by atoms with E-state index in [0.29, 0.717) is 40.5 Å². The van der Waals surface area contributed by atoms with E-state index >= 15 is 4.39 Å². The van der Waals surface area contributed by atoms with Crippen LogP contribution < -0.4 is 9.47 Å². The van der Waals surface area contributed by atoms with Crippen molar-refractivity contribution in [3.05, 3.63) is 52.2 Å². The van der Waals surface area contributed by atoms with Crippen LogP contribution in [0.25, 0.3) is 11.1 Å². The van der Waals surface area contributed by atoms with Crippen LogP contribution in [0.5, 0.6) is 11.5 Å². The lowest BCUT2D eigenvalue weighted by Crippen LogP contribution is -2.30. The fourth-order valence-corrected chi connectivity index (χ4v) is 4.29. The number of fused-ring (bicyclic) bond motifs is 2. The average molecular weight is 548 g/mol. The van der Waals surface area contributed by atoms with E-state index in [1.807, 2.05) is 13.0 Å². The highest BCUT2D eigenvalue weighted by Crippen LogP contribution is 2.39. The van der Waals surface area contributed by atoms with E-state index in [0.717, 1.165) is 5.56 Å². The summed E-state index contributed by atoms with van der Waals surface area (Å²) in [6.45, 7) is 12.3. The molecule has 0 atom stereocenters. The Balaban J connectivity index is 0.00000342. The number of oxazole rings is 1. The van der Waals surface area contributed by atoms with Crippen molar-refractivity contribution in [2.24, 2.45) is 0 Å². The molecule has 1 aliphatic rings. The first kappa shape index (κ1) is 26.7. The number of carbonyl (C=O) groups excluding carboxylic acids is 1. The third-order valence-corrected chi connectivity index (χ3v) is 5.83. The van der Waals surface area contributed by atoms with Crippen molar-refractivity contribution in [3.63, 3.8) is 0 Å². The van der Waals surface area contributed by atoms with Crippen LogP contribution in [0.2, 0.25) is 0 Å². The average Bonchev–Trinajstić information content (AvgIpc) is 3.28. The van der Waals surface area contributed by atoms with Crippen LogP contribution in [0.3, 0.4) is 0 Å². The molecule has 9 heteroatoms. The fraction of sp³-hybridized carbons (Fsp3) is 0.423. The Kier molecular flexibility index (Phi) is 7.59. The summed E-state index contributed by atoms with van der Waals surface area (Å²) in [7, 11) is 0. The maximum absolute atomic E-state index is 15.3. The van der Waals surface area contributed by atoms with Crippen molar-refractivity contribution in [2.75, 3.05) is 19.8 Å². The third kappa shape index (κ3) is 4.91. The molecule has 35 heavy (non-hydrogen) atoms. The summed E-state index contributed by atoms with van der Waals surface area (Å²) >= 11 is 0. The molecule has 2 aromatic carbocycles. The molecule has 0 amide bonds. The summed E-state index contributed by atoms with van der Waals surface area (Å²) in [5.41, 5.74) is 3.17. The summed E-state index contributed by atoms with van der Waals surface area (Å²) in [6, 6.07) is 5.26. The number of hydrogen-bond donors (Lipinski definition) is 1. The predicted molar refractivity (Wildman–Crippen MR) is 138 cm³/mol. The first-order chi connectivity index (χ1) is 16.0. The normalized spacial score (nSPS) is 13.1. The number of halogens is 2. The largest absolute Gasteiger partial charge is 0.490 e. The minimum atomic E-state index is -0.628. The number of benzene rings is 2. The van der Waals surface area contributed by atoms with Gasteiger partial charge in [-0.25, -0.2) is 9.37 Å². The smallest absolute Gasteiger partial charge is 0.197 e. The highest BCUT2D eigenvalue weighted by atomic mass is 79.9. The van der Waals surface area contributed by atoms with Gasteiger partial charge in [-0.1, -0.05) is 20.8 Å². The molecular formula is C26H31BrFN3O4. The van der Waals surface area contributed by atoms with E-state index in [4.69, 9.17) is 19.3 Å². The highest BCUT2D eigenvalue weighted by molar-refractivity contribution is 8.93. The second kappa shape index (κ2) is 9.97. The minimum Gasteiger partial charge on any atom is -0.490 e. The lowest BCUT2D eigenvalue weighted by molar-refractivity contribution is 0.0962. The van der Waals surface area contributed by atoms with Gasteiger partial charge in [0.15, 0.2) is 34.6 Å². The van der Waals surface area contributed by atoms with Crippen molar-refractivity contribution >= 4 is 39.7 Å². The van der Waals surface area contributed by atoms with E-state index in [1.165, 1.54) is 0 Å². The second-order valence-electron chi connectivity index (χ2n) is 9.40. The molecule has 0 saturated carbocycles. The number of amidine groups is 1.